The molecule has 0 aliphatic carbocycles. The van der Waals surface area contributed by atoms with Crippen LogP contribution >= 0.6 is 11.8 Å². The van der Waals surface area contributed by atoms with Crippen LogP contribution in [0.1, 0.15) is 18.1 Å². The molecule has 1 amide bonds. The van der Waals surface area contributed by atoms with Crippen LogP contribution in [0.5, 0.6) is 0 Å². The van der Waals surface area contributed by atoms with E-state index in [0.717, 1.165) is 23.9 Å². The normalized spacial score (nSPS) is 18.0. The topological polar surface area (TPSA) is 32.7 Å². The van der Waals surface area contributed by atoms with Crippen molar-refractivity contribution in [2.75, 3.05) is 6.54 Å². The van der Waals surface area contributed by atoms with E-state index in [1.54, 1.807) is 6.92 Å². The van der Waals surface area contributed by atoms with Crippen LogP contribution in [-0.2, 0) is 11.0 Å². The van der Waals surface area contributed by atoms with Crippen LogP contribution in [0.15, 0.2) is 58.4 Å². The second-order valence-electron chi connectivity index (χ2n) is 5.65. The first-order valence-electron chi connectivity index (χ1n) is 8.01. The van der Waals surface area contributed by atoms with Gasteiger partial charge < -0.3 is 0 Å². The molecule has 140 valence electrons. The number of aliphatic imine (C=N–C) groups is 1. The van der Waals surface area contributed by atoms with Gasteiger partial charge in [0, 0.05) is 6.54 Å². The molecule has 1 heterocycles. The predicted molar refractivity (Wildman–Crippen MR) is 97.9 cm³/mol. The van der Waals surface area contributed by atoms with Gasteiger partial charge in [-0.2, -0.15) is 13.2 Å². The van der Waals surface area contributed by atoms with Gasteiger partial charge in [-0.1, -0.05) is 12.1 Å². The van der Waals surface area contributed by atoms with Crippen LogP contribution in [0.25, 0.3) is 6.08 Å². The third-order valence-electron chi connectivity index (χ3n) is 3.77. The number of carbonyl (C=O) groups excluding carboxylic acids is 1. The third kappa shape index (κ3) is 4.39. The number of nitrogens with zero attached hydrogens (tertiary/aromatic N) is 2. The Balaban J connectivity index is 1.92. The molecule has 27 heavy (non-hydrogen) atoms. The summed E-state index contributed by atoms with van der Waals surface area (Å²) < 4.78 is 51.6. The Morgan fingerprint density at radius 3 is 2.48 bits per heavy atom. The first-order valence-corrected chi connectivity index (χ1v) is 8.82. The molecule has 1 aliphatic rings. The van der Waals surface area contributed by atoms with Crippen molar-refractivity contribution in [3.8, 4) is 0 Å². The minimum atomic E-state index is -4.45. The Kier molecular flexibility index (Phi) is 5.36. The summed E-state index contributed by atoms with van der Waals surface area (Å²) in [6, 6.07) is 10.3. The minimum Gasteiger partial charge on any atom is -0.287 e. The molecule has 2 aromatic carbocycles. The first kappa shape index (κ1) is 19.2. The lowest BCUT2D eigenvalue weighted by atomic mass is 10.1. The fraction of sp³-hybridized carbons (Fsp3) is 0.158. The fourth-order valence-corrected chi connectivity index (χ4v) is 3.51. The number of likely N-dealkylation sites (N-methyl/N-ethyl adjacent to an activating group) is 1. The summed E-state index contributed by atoms with van der Waals surface area (Å²) in [6.45, 7) is 2.12. The Hall–Kier alpha value is -2.61. The largest absolute Gasteiger partial charge is 0.416 e. The van der Waals surface area contributed by atoms with Crippen LogP contribution in [0, 0.1) is 5.82 Å². The lowest BCUT2D eigenvalue weighted by molar-refractivity contribution is -0.137. The number of amidine groups is 1. The molecule has 0 saturated carbocycles. The van der Waals surface area contributed by atoms with Gasteiger partial charge >= 0.3 is 6.18 Å². The summed E-state index contributed by atoms with van der Waals surface area (Å²) in [4.78, 5) is 18.6. The van der Waals surface area contributed by atoms with Gasteiger partial charge in [0.1, 0.15) is 5.82 Å². The Morgan fingerprint density at radius 2 is 1.85 bits per heavy atom. The van der Waals surface area contributed by atoms with E-state index in [1.807, 2.05) is 0 Å². The van der Waals surface area contributed by atoms with E-state index >= 15 is 0 Å². The van der Waals surface area contributed by atoms with Gasteiger partial charge in [0.15, 0.2) is 5.17 Å². The summed E-state index contributed by atoms with van der Waals surface area (Å²) in [7, 11) is 0. The molecule has 0 aromatic heterocycles. The lowest BCUT2D eigenvalue weighted by Gasteiger charge is -2.11. The van der Waals surface area contributed by atoms with Gasteiger partial charge in [-0.15, -0.1) is 0 Å². The Bertz CT molecular complexity index is 920. The van der Waals surface area contributed by atoms with E-state index < -0.39 is 17.6 Å². The van der Waals surface area contributed by atoms with Crippen molar-refractivity contribution in [3.63, 3.8) is 0 Å². The quantitative estimate of drug-likeness (QED) is 0.511. The monoisotopic (exact) mass is 394 g/mol. The van der Waals surface area contributed by atoms with Crippen LogP contribution < -0.4 is 0 Å². The molecule has 1 fully saturated rings. The lowest BCUT2D eigenvalue weighted by Crippen LogP contribution is -2.28. The SMILES string of the molecule is CCN1C(=O)/C(=C\c2cccc(C(F)(F)F)c2)SC1=Nc1ccc(F)cc1. The summed E-state index contributed by atoms with van der Waals surface area (Å²) in [6.07, 6.45) is -3.04. The minimum absolute atomic E-state index is 0.275. The van der Waals surface area contributed by atoms with E-state index in [4.69, 9.17) is 0 Å². The predicted octanol–water partition coefficient (Wildman–Crippen LogP) is 5.47. The van der Waals surface area contributed by atoms with Gasteiger partial charge in [-0.25, -0.2) is 9.38 Å². The molecule has 1 aliphatic heterocycles. The molecule has 0 unspecified atom stereocenters. The molecular weight excluding hydrogens is 380 g/mol. The maximum atomic E-state index is 13.0. The Morgan fingerprint density at radius 1 is 1.15 bits per heavy atom. The average molecular weight is 394 g/mol. The highest BCUT2D eigenvalue weighted by atomic mass is 32.2. The van der Waals surface area contributed by atoms with Crippen molar-refractivity contribution in [2.45, 2.75) is 13.1 Å². The van der Waals surface area contributed by atoms with Gasteiger partial charge in [-0.05, 0) is 66.7 Å². The van der Waals surface area contributed by atoms with Gasteiger partial charge in [0.2, 0.25) is 0 Å². The smallest absolute Gasteiger partial charge is 0.287 e. The van der Waals surface area contributed by atoms with Crippen LogP contribution in [0.3, 0.4) is 0 Å². The zero-order chi connectivity index (χ0) is 19.6. The number of rotatable bonds is 3. The molecule has 0 spiro atoms. The number of thioether (sulfide) groups is 1. The highest BCUT2D eigenvalue weighted by molar-refractivity contribution is 8.18. The summed E-state index contributed by atoms with van der Waals surface area (Å²) in [5.74, 6) is -0.729. The molecule has 3 rings (SSSR count). The molecule has 0 atom stereocenters. The number of hydrogen-bond donors (Lipinski definition) is 0. The van der Waals surface area contributed by atoms with E-state index in [-0.39, 0.29) is 16.4 Å². The Labute approximate surface area is 157 Å². The van der Waals surface area contributed by atoms with E-state index in [2.05, 4.69) is 4.99 Å². The molecule has 0 N–H and O–H groups in total. The van der Waals surface area contributed by atoms with E-state index in [9.17, 15) is 22.4 Å². The maximum Gasteiger partial charge on any atom is 0.416 e. The summed E-state index contributed by atoms with van der Waals surface area (Å²) in [5, 5.41) is 0.396. The van der Waals surface area contributed by atoms with E-state index in [1.165, 1.54) is 47.4 Å². The van der Waals surface area contributed by atoms with Crippen molar-refractivity contribution in [1.82, 2.24) is 4.90 Å². The van der Waals surface area contributed by atoms with Gasteiger partial charge in [0.25, 0.3) is 5.91 Å². The second-order valence-corrected chi connectivity index (χ2v) is 6.66. The highest BCUT2D eigenvalue weighted by Crippen LogP contribution is 2.35. The standard InChI is InChI=1S/C19H14F4N2OS/c1-2-25-17(26)16(11-12-4-3-5-13(10-12)19(21,22)23)27-18(25)24-15-8-6-14(20)7-9-15/h3-11H,2H2,1H3/b16-11+,24-18?. The molecular formula is C19H14F4N2OS. The number of carbonyl (C=O) groups is 1. The average Bonchev–Trinajstić information content (AvgIpc) is 2.91. The van der Waals surface area contributed by atoms with E-state index in [0.29, 0.717) is 17.4 Å². The van der Waals surface area contributed by atoms with Gasteiger partial charge in [-0.3, -0.25) is 9.69 Å². The highest BCUT2D eigenvalue weighted by Gasteiger charge is 2.33. The van der Waals surface area contributed by atoms with Crippen LogP contribution in [-0.4, -0.2) is 22.5 Å². The zero-order valence-electron chi connectivity index (χ0n) is 14.1. The molecule has 0 bridgehead atoms. The van der Waals surface area contributed by atoms with Crippen molar-refractivity contribution < 1.29 is 22.4 Å². The third-order valence-corrected chi connectivity index (χ3v) is 4.77. The van der Waals surface area contributed by atoms with Crippen molar-refractivity contribution in [3.05, 3.63) is 70.4 Å². The molecule has 2 aromatic rings. The first-order chi connectivity index (χ1) is 12.8. The number of benzene rings is 2. The number of halogens is 4. The zero-order valence-corrected chi connectivity index (χ0v) is 14.9. The van der Waals surface area contributed by atoms with Crippen molar-refractivity contribution >= 4 is 34.6 Å². The van der Waals surface area contributed by atoms with Gasteiger partial charge in [0.05, 0.1) is 16.2 Å². The van der Waals surface area contributed by atoms with Crippen LogP contribution in [0.4, 0.5) is 23.2 Å². The van der Waals surface area contributed by atoms with Crippen molar-refractivity contribution in [2.24, 2.45) is 4.99 Å². The maximum absolute atomic E-state index is 13.0. The number of amides is 1. The fourth-order valence-electron chi connectivity index (χ4n) is 2.45. The van der Waals surface area contributed by atoms with Crippen LogP contribution in [0.2, 0.25) is 0 Å². The summed E-state index contributed by atoms with van der Waals surface area (Å²) >= 11 is 1.07. The number of alkyl halides is 3. The molecule has 0 radical (unpaired) electrons. The summed E-state index contributed by atoms with van der Waals surface area (Å²) in [5.41, 5.74) is -0.0231. The number of hydrogen-bond acceptors (Lipinski definition) is 3. The molecule has 8 heteroatoms. The molecule has 1 saturated heterocycles. The van der Waals surface area contributed by atoms with Crippen molar-refractivity contribution in [1.29, 1.82) is 0 Å². The molecule has 3 nitrogen and oxygen atoms in total. The second kappa shape index (κ2) is 7.56.